The Kier molecular flexibility index (Phi) is 7.59. The first-order chi connectivity index (χ1) is 37.6. The fourth-order valence-corrected chi connectivity index (χ4v) is 15.8. The van der Waals surface area contributed by atoms with Crippen LogP contribution in [0.25, 0.3) is 95.3 Å². The molecule has 0 bridgehead atoms. The fraction of sp³-hybridized carbons (Fsp3) is 0. The van der Waals surface area contributed by atoms with E-state index in [-0.39, 0.29) is 13.4 Å². The van der Waals surface area contributed by atoms with Crippen LogP contribution < -0.4 is 51.7 Å². The van der Waals surface area contributed by atoms with Gasteiger partial charge >= 0.3 is 0 Å². The zero-order valence-corrected chi connectivity index (χ0v) is 41.8. The van der Waals surface area contributed by atoms with Gasteiger partial charge in [0.15, 0.2) is 0 Å². The van der Waals surface area contributed by atoms with Crippen LogP contribution in [0, 0.1) is 0 Å². The van der Waals surface area contributed by atoms with E-state index in [0.717, 1.165) is 112 Å². The number of hydrogen-bond acceptors (Lipinski definition) is 6. The third-order valence-electron chi connectivity index (χ3n) is 16.7. The predicted molar refractivity (Wildman–Crippen MR) is 316 cm³/mol. The van der Waals surface area contributed by atoms with Gasteiger partial charge in [-0.1, -0.05) is 109 Å². The van der Waals surface area contributed by atoms with Crippen molar-refractivity contribution in [1.29, 1.82) is 0 Å². The molecule has 8 heterocycles. The number of nitrogens with zero attached hydrogens (tertiary/aromatic N) is 2. The van der Waals surface area contributed by atoms with Crippen LogP contribution in [-0.4, -0.2) is 22.6 Å². The summed E-state index contributed by atoms with van der Waals surface area (Å²) in [7, 11) is 0. The Bertz CT molecular complexity index is 4860. The summed E-state index contributed by atoms with van der Waals surface area (Å²) in [4.78, 5) is 0. The van der Waals surface area contributed by atoms with E-state index in [0.29, 0.717) is 0 Å². The highest BCUT2D eigenvalue weighted by molar-refractivity contribution is 7.26. The lowest BCUT2D eigenvalue weighted by atomic mass is 9.32. The molecule has 0 saturated carbocycles. The Morgan fingerprint density at radius 2 is 0.645 bits per heavy atom. The molecule has 0 aliphatic carbocycles. The van der Waals surface area contributed by atoms with Gasteiger partial charge in [0.25, 0.3) is 13.4 Å². The summed E-state index contributed by atoms with van der Waals surface area (Å²) in [5.41, 5.74) is 12.8. The number of aromatic nitrogens is 2. The van der Waals surface area contributed by atoms with Crippen molar-refractivity contribution < 1.29 is 18.9 Å². The summed E-state index contributed by atoms with van der Waals surface area (Å²) in [6.45, 7) is -0.349. The van der Waals surface area contributed by atoms with Crippen LogP contribution in [0.15, 0.2) is 206 Å². The van der Waals surface area contributed by atoms with Gasteiger partial charge < -0.3 is 28.1 Å². The number of thiophene rings is 2. The van der Waals surface area contributed by atoms with E-state index in [4.69, 9.17) is 18.9 Å². The van der Waals surface area contributed by atoms with E-state index in [9.17, 15) is 0 Å². The Labute approximate surface area is 441 Å². The van der Waals surface area contributed by atoms with Crippen molar-refractivity contribution >= 4 is 153 Å². The second kappa shape index (κ2) is 14.3. The minimum atomic E-state index is -0.174. The van der Waals surface area contributed by atoms with Crippen LogP contribution in [0.5, 0.6) is 46.0 Å². The molecule has 15 aromatic rings. The van der Waals surface area contributed by atoms with Crippen LogP contribution in [0.4, 0.5) is 0 Å². The molecule has 0 atom stereocenters. The van der Waals surface area contributed by atoms with E-state index >= 15 is 0 Å². The Hall–Kier alpha value is -9.21. The second-order valence-corrected chi connectivity index (χ2v) is 22.8. The molecule has 6 nitrogen and oxygen atoms in total. The third-order valence-corrected chi connectivity index (χ3v) is 19.0. The standard InChI is InChI=1S/C66H34B2N2O4S2/c1-7-19-49-37(13-1)41-29-43-39-15-3-11-23-61(39)75-63(43)33-51(41)69(49)35-25-57-65-59(27-35)73-55-31-48-56(32-47(55)67(65)45-17-5-9-21-53(45)71-57)74-60-28-36(26-58-66(60)68(48)46-18-6-10-22-54(46)72-58)70-50-20-8-2-14-38(50)42-30-44-40-16-4-12-24-62(40)76-64(44)34-52(42)70/h1-34H. The molecule has 19 rings (SSSR count). The number of ether oxygens (including phenoxy) is 4. The Morgan fingerprint density at radius 3 is 1.11 bits per heavy atom. The largest absolute Gasteiger partial charge is 0.458 e. The van der Waals surface area contributed by atoms with Crippen LogP contribution in [-0.2, 0) is 0 Å². The summed E-state index contributed by atoms with van der Waals surface area (Å²) >= 11 is 3.69. The lowest BCUT2D eigenvalue weighted by molar-refractivity contribution is 0.457. The number of fused-ring (bicyclic) bond motifs is 20. The molecule has 0 spiro atoms. The van der Waals surface area contributed by atoms with Crippen LogP contribution in [0.3, 0.4) is 0 Å². The molecule has 4 aliphatic rings. The van der Waals surface area contributed by atoms with Crippen LogP contribution >= 0.6 is 22.7 Å². The first-order valence-corrected chi connectivity index (χ1v) is 27.4. The average molecular weight is 1000 g/mol. The van der Waals surface area contributed by atoms with Gasteiger partial charge in [-0.25, -0.2) is 0 Å². The summed E-state index contributed by atoms with van der Waals surface area (Å²) in [5.74, 6) is 6.40. The van der Waals surface area contributed by atoms with Gasteiger partial charge in [0, 0.05) is 97.1 Å². The first kappa shape index (κ1) is 40.2. The highest BCUT2D eigenvalue weighted by Gasteiger charge is 2.45. The lowest BCUT2D eigenvalue weighted by Crippen LogP contribution is -2.60. The maximum atomic E-state index is 7.31. The zero-order valence-electron chi connectivity index (χ0n) is 40.1. The van der Waals surface area contributed by atoms with Gasteiger partial charge in [-0.05, 0) is 94.6 Å². The molecule has 350 valence electrons. The lowest BCUT2D eigenvalue weighted by Gasteiger charge is -2.37. The molecule has 0 fully saturated rings. The monoisotopic (exact) mass is 1000 g/mol. The van der Waals surface area contributed by atoms with E-state index < -0.39 is 0 Å². The summed E-state index contributed by atoms with van der Waals surface area (Å²) in [5, 5.41) is 9.99. The fourth-order valence-electron chi connectivity index (χ4n) is 13.5. The first-order valence-electron chi connectivity index (χ1n) is 25.8. The predicted octanol–water partition coefficient (Wildman–Crippen LogP) is 14.1. The third kappa shape index (κ3) is 5.22. The van der Waals surface area contributed by atoms with Crippen molar-refractivity contribution in [3.63, 3.8) is 0 Å². The number of benzene rings is 11. The molecule has 0 unspecified atom stereocenters. The maximum absolute atomic E-state index is 7.31. The Balaban J connectivity index is 0.806. The van der Waals surface area contributed by atoms with Gasteiger partial charge in [0.05, 0.1) is 33.4 Å². The number of para-hydroxylation sites is 4. The maximum Gasteiger partial charge on any atom is 0.260 e. The molecular weight excluding hydrogens is 970 g/mol. The van der Waals surface area contributed by atoms with E-state index in [1.807, 2.05) is 22.7 Å². The molecule has 4 aromatic heterocycles. The smallest absolute Gasteiger partial charge is 0.260 e. The quantitative estimate of drug-likeness (QED) is 0.162. The topological polar surface area (TPSA) is 46.8 Å². The highest BCUT2D eigenvalue weighted by atomic mass is 32.1. The van der Waals surface area contributed by atoms with Gasteiger partial charge in [-0.3, -0.25) is 0 Å². The molecule has 76 heavy (non-hydrogen) atoms. The molecule has 0 radical (unpaired) electrons. The zero-order chi connectivity index (χ0) is 49.1. The molecular formula is C66H34B2N2O4S2. The van der Waals surface area contributed by atoms with Crippen molar-refractivity contribution in [3.05, 3.63) is 206 Å². The summed E-state index contributed by atoms with van der Waals surface area (Å²) in [6.07, 6.45) is 0. The molecule has 0 N–H and O–H groups in total. The van der Waals surface area contributed by atoms with Gasteiger partial charge in [-0.2, -0.15) is 0 Å². The van der Waals surface area contributed by atoms with Crippen LogP contribution in [0.2, 0.25) is 0 Å². The Morgan fingerprint density at radius 1 is 0.263 bits per heavy atom. The highest BCUT2D eigenvalue weighted by Crippen LogP contribution is 2.46. The van der Waals surface area contributed by atoms with E-state index in [1.54, 1.807) is 0 Å². The molecule has 4 aliphatic heterocycles. The van der Waals surface area contributed by atoms with E-state index in [1.165, 1.54) is 61.9 Å². The van der Waals surface area contributed by atoms with Gasteiger partial charge in [0.1, 0.15) is 46.0 Å². The SMILES string of the molecule is c1ccc2c(c1)Oc1cc(-n3c4ccccc4c4cc5c(cc43)sc3ccccc35)cc3c1B2c1cc2c(cc1O3)B1c3ccccc3Oc3cc(-n4c5ccccc5c5cc6c(cc54)sc4ccccc46)cc(c31)O2. The molecule has 11 aromatic carbocycles. The minimum absolute atomic E-state index is 0.174. The van der Waals surface area contributed by atoms with Crippen molar-refractivity contribution in [2.24, 2.45) is 0 Å². The van der Waals surface area contributed by atoms with Crippen molar-refractivity contribution in [3.8, 4) is 57.4 Å². The average Bonchev–Trinajstić information content (AvgIpc) is 4.31. The summed E-state index contributed by atoms with van der Waals surface area (Å²) in [6, 6.07) is 74.7. The van der Waals surface area contributed by atoms with Gasteiger partial charge in [-0.15, -0.1) is 22.7 Å². The van der Waals surface area contributed by atoms with Gasteiger partial charge in [0.2, 0.25) is 0 Å². The van der Waals surface area contributed by atoms with Crippen molar-refractivity contribution in [2.45, 2.75) is 0 Å². The number of rotatable bonds is 2. The van der Waals surface area contributed by atoms with Crippen molar-refractivity contribution in [1.82, 2.24) is 9.13 Å². The van der Waals surface area contributed by atoms with E-state index in [2.05, 4.69) is 215 Å². The normalized spacial score (nSPS) is 13.6. The number of hydrogen-bond donors (Lipinski definition) is 0. The summed E-state index contributed by atoms with van der Waals surface area (Å²) < 4.78 is 38.5. The van der Waals surface area contributed by atoms with Crippen molar-refractivity contribution in [2.75, 3.05) is 0 Å². The second-order valence-electron chi connectivity index (χ2n) is 20.6. The minimum Gasteiger partial charge on any atom is -0.458 e. The molecule has 0 saturated heterocycles. The molecule has 10 heteroatoms. The molecule has 0 amide bonds. The van der Waals surface area contributed by atoms with Crippen LogP contribution in [0.1, 0.15) is 0 Å².